The van der Waals surface area contributed by atoms with Crippen LogP contribution in [0, 0.1) is 12.8 Å². The predicted molar refractivity (Wildman–Crippen MR) is 120 cm³/mol. The van der Waals surface area contributed by atoms with Crippen LogP contribution in [0.25, 0.3) is 0 Å². The van der Waals surface area contributed by atoms with Gasteiger partial charge in [-0.05, 0) is 69.5 Å². The van der Waals surface area contributed by atoms with E-state index in [2.05, 4.69) is 41.3 Å². The van der Waals surface area contributed by atoms with Crippen LogP contribution >= 0.6 is 0 Å². The maximum atomic E-state index is 12.1. The van der Waals surface area contributed by atoms with Crippen molar-refractivity contribution in [1.82, 2.24) is 5.32 Å². The van der Waals surface area contributed by atoms with Gasteiger partial charge in [0.2, 0.25) is 0 Å². The third-order valence-electron chi connectivity index (χ3n) is 4.48. The SMILES string of the molecule is C=NC(=N\OCCNC(=O)c1cccc(C)c1)/C(/C=C\C)=C/C(=C/CC)C1CC1. The van der Waals surface area contributed by atoms with Crippen molar-refractivity contribution in [2.75, 3.05) is 13.2 Å². The van der Waals surface area contributed by atoms with Gasteiger partial charge in [-0.25, -0.2) is 4.99 Å². The zero-order chi connectivity index (χ0) is 21.1. The van der Waals surface area contributed by atoms with Crippen LogP contribution in [0.15, 0.2) is 69.9 Å². The lowest BCUT2D eigenvalue weighted by Gasteiger charge is -2.07. The fourth-order valence-corrected chi connectivity index (χ4v) is 2.92. The topological polar surface area (TPSA) is 63.1 Å². The summed E-state index contributed by atoms with van der Waals surface area (Å²) in [6, 6.07) is 7.46. The molecular weight excluding hydrogens is 362 g/mol. The van der Waals surface area contributed by atoms with Crippen molar-refractivity contribution in [1.29, 1.82) is 0 Å². The average molecular weight is 394 g/mol. The summed E-state index contributed by atoms with van der Waals surface area (Å²) < 4.78 is 0. The Bertz CT molecular complexity index is 830. The molecule has 1 N–H and O–H groups in total. The van der Waals surface area contributed by atoms with Gasteiger partial charge in [0.15, 0.2) is 5.84 Å². The number of allylic oxidation sites excluding steroid dienone is 4. The number of hydrogen-bond acceptors (Lipinski definition) is 3. The van der Waals surface area contributed by atoms with E-state index in [0.717, 1.165) is 17.6 Å². The number of hydrogen-bond donors (Lipinski definition) is 1. The van der Waals surface area contributed by atoms with E-state index in [0.29, 0.717) is 23.9 Å². The molecule has 5 heteroatoms. The first-order valence-electron chi connectivity index (χ1n) is 10.1. The molecule has 0 spiro atoms. The lowest BCUT2D eigenvalue weighted by Crippen LogP contribution is -2.26. The van der Waals surface area contributed by atoms with Gasteiger partial charge in [0.05, 0.1) is 6.54 Å². The first-order valence-corrected chi connectivity index (χ1v) is 10.1. The molecule has 1 aliphatic carbocycles. The molecule has 1 saturated carbocycles. The van der Waals surface area contributed by atoms with Crippen LogP contribution in [0.3, 0.4) is 0 Å². The summed E-state index contributed by atoms with van der Waals surface area (Å²) in [7, 11) is 0. The van der Waals surface area contributed by atoms with Crippen molar-refractivity contribution in [3.63, 3.8) is 0 Å². The highest BCUT2D eigenvalue weighted by Gasteiger charge is 2.24. The molecule has 1 aliphatic rings. The number of nitrogens with zero attached hydrogens (tertiary/aromatic N) is 2. The van der Waals surface area contributed by atoms with Gasteiger partial charge in [0, 0.05) is 11.1 Å². The van der Waals surface area contributed by atoms with Gasteiger partial charge in [0.25, 0.3) is 5.91 Å². The molecule has 1 amide bonds. The monoisotopic (exact) mass is 393 g/mol. The third-order valence-corrected chi connectivity index (χ3v) is 4.48. The van der Waals surface area contributed by atoms with Gasteiger partial charge < -0.3 is 10.2 Å². The standard InChI is InChI=1S/C24H31N3O2/c1-5-8-20(19-12-13-19)17-21(9-6-2)23(25-4)27-29-15-14-26-24(28)22-11-7-10-18(3)16-22/h6-11,16-17,19H,4-5,12-15H2,1-3H3,(H,26,28)/b9-6-,20-8-,21-17+,27-23-. The summed E-state index contributed by atoms with van der Waals surface area (Å²) in [6.45, 7) is 10.3. The summed E-state index contributed by atoms with van der Waals surface area (Å²) in [5.74, 6) is 0.950. The summed E-state index contributed by atoms with van der Waals surface area (Å²) in [5.41, 5.74) is 3.88. The molecule has 2 rings (SSSR count). The van der Waals surface area contributed by atoms with Crippen LogP contribution in [0.4, 0.5) is 0 Å². The molecule has 0 aromatic heterocycles. The minimum absolute atomic E-state index is 0.128. The molecule has 0 aliphatic heterocycles. The molecule has 5 nitrogen and oxygen atoms in total. The number of aliphatic imine (C=N–C) groups is 1. The molecule has 0 heterocycles. The minimum atomic E-state index is -0.128. The number of aryl methyl sites for hydroxylation is 1. The molecule has 0 atom stereocenters. The first-order chi connectivity index (χ1) is 14.1. The molecule has 1 fully saturated rings. The Kier molecular flexibility index (Phi) is 9.09. The highest BCUT2D eigenvalue weighted by atomic mass is 16.6. The highest BCUT2D eigenvalue weighted by molar-refractivity contribution is 6.03. The van der Waals surface area contributed by atoms with Crippen molar-refractivity contribution >= 4 is 18.5 Å². The van der Waals surface area contributed by atoms with E-state index in [9.17, 15) is 4.79 Å². The fourth-order valence-electron chi connectivity index (χ4n) is 2.92. The van der Waals surface area contributed by atoms with Gasteiger partial charge in [0.1, 0.15) is 6.61 Å². The summed E-state index contributed by atoms with van der Waals surface area (Å²) in [6.07, 6.45) is 11.7. The maximum Gasteiger partial charge on any atom is 0.251 e. The van der Waals surface area contributed by atoms with E-state index >= 15 is 0 Å². The van der Waals surface area contributed by atoms with Gasteiger partial charge in [-0.1, -0.05) is 48.0 Å². The van der Waals surface area contributed by atoms with Crippen LogP contribution in [-0.2, 0) is 4.84 Å². The van der Waals surface area contributed by atoms with Crippen LogP contribution in [0.1, 0.15) is 49.0 Å². The fraction of sp³-hybridized carbons (Fsp3) is 0.375. The largest absolute Gasteiger partial charge is 0.392 e. The van der Waals surface area contributed by atoms with Crippen molar-refractivity contribution < 1.29 is 9.63 Å². The second-order valence-electron chi connectivity index (χ2n) is 7.02. The number of amides is 1. The Morgan fingerprint density at radius 2 is 2.17 bits per heavy atom. The van der Waals surface area contributed by atoms with E-state index in [1.54, 1.807) is 6.07 Å². The zero-order valence-electron chi connectivity index (χ0n) is 17.6. The predicted octanol–water partition coefficient (Wildman–Crippen LogP) is 5.00. The Morgan fingerprint density at radius 1 is 1.38 bits per heavy atom. The highest BCUT2D eigenvalue weighted by Crippen LogP contribution is 2.38. The van der Waals surface area contributed by atoms with Crippen molar-refractivity contribution in [2.45, 2.75) is 40.0 Å². The van der Waals surface area contributed by atoms with Gasteiger partial charge in [-0.3, -0.25) is 4.79 Å². The molecule has 29 heavy (non-hydrogen) atoms. The van der Waals surface area contributed by atoms with Crippen molar-refractivity contribution in [3.8, 4) is 0 Å². The molecule has 0 bridgehead atoms. The maximum absolute atomic E-state index is 12.1. The van der Waals surface area contributed by atoms with E-state index in [1.165, 1.54) is 18.4 Å². The number of benzene rings is 1. The Balaban J connectivity index is 1.94. The van der Waals surface area contributed by atoms with Crippen LogP contribution in [0.2, 0.25) is 0 Å². The average Bonchev–Trinajstić information content (AvgIpc) is 3.55. The van der Waals surface area contributed by atoms with E-state index in [4.69, 9.17) is 4.84 Å². The zero-order valence-corrected chi connectivity index (χ0v) is 17.6. The van der Waals surface area contributed by atoms with Gasteiger partial charge >= 0.3 is 0 Å². The van der Waals surface area contributed by atoms with Crippen LogP contribution in [0.5, 0.6) is 0 Å². The third kappa shape index (κ3) is 7.53. The Morgan fingerprint density at radius 3 is 2.79 bits per heavy atom. The molecule has 0 radical (unpaired) electrons. The second-order valence-corrected chi connectivity index (χ2v) is 7.02. The number of carbonyl (C=O) groups is 1. The van der Waals surface area contributed by atoms with Crippen LogP contribution < -0.4 is 5.32 Å². The number of amidine groups is 1. The quantitative estimate of drug-likeness (QED) is 0.200. The lowest BCUT2D eigenvalue weighted by molar-refractivity contribution is 0.0920. The molecule has 0 saturated heterocycles. The van der Waals surface area contributed by atoms with E-state index in [-0.39, 0.29) is 12.5 Å². The summed E-state index contributed by atoms with van der Waals surface area (Å²) >= 11 is 0. The first kappa shape index (κ1) is 22.3. The number of carbonyl (C=O) groups excluding carboxylic acids is 1. The van der Waals surface area contributed by atoms with Crippen LogP contribution in [-0.4, -0.2) is 31.6 Å². The molecule has 0 unspecified atom stereocenters. The normalized spacial score (nSPS) is 15.5. The molecule has 154 valence electrons. The van der Waals surface area contributed by atoms with Crippen molar-refractivity contribution in [3.05, 3.63) is 70.8 Å². The summed E-state index contributed by atoms with van der Waals surface area (Å²) in [5, 5.41) is 6.95. The van der Waals surface area contributed by atoms with Gasteiger partial charge in [-0.15, -0.1) is 0 Å². The Labute approximate surface area is 173 Å². The molecule has 1 aromatic rings. The second kappa shape index (κ2) is 11.8. The molecular formula is C24H31N3O2. The number of rotatable bonds is 10. The molecule has 1 aromatic carbocycles. The Hall–Kier alpha value is -2.95. The summed E-state index contributed by atoms with van der Waals surface area (Å²) in [4.78, 5) is 21.6. The van der Waals surface area contributed by atoms with Gasteiger partial charge in [-0.2, -0.15) is 0 Å². The lowest BCUT2D eigenvalue weighted by atomic mass is 10.0. The number of nitrogens with one attached hydrogen (secondary N) is 1. The number of oxime groups is 1. The van der Waals surface area contributed by atoms with E-state index in [1.807, 2.05) is 44.2 Å². The smallest absolute Gasteiger partial charge is 0.251 e. The minimum Gasteiger partial charge on any atom is -0.392 e. The van der Waals surface area contributed by atoms with Crippen molar-refractivity contribution in [2.24, 2.45) is 16.1 Å². The van der Waals surface area contributed by atoms with E-state index < -0.39 is 0 Å².